The van der Waals surface area contributed by atoms with Gasteiger partial charge in [-0.1, -0.05) is 5.57 Å². The van der Waals surface area contributed by atoms with Crippen molar-refractivity contribution in [3.8, 4) is 0 Å². The third-order valence-corrected chi connectivity index (χ3v) is 6.88. The van der Waals surface area contributed by atoms with E-state index >= 15 is 0 Å². The molecule has 26 heavy (non-hydrogen) atoms. The van der Waals surface area contributed by atoms with Crippen LogP contribution in [-0.2, 0) is 12.8 Å². The van der Waals surface area contributed by atoms with Crippen molar-refractivity contribution in [1.29, 1.82) is 0 Å². The van der Waals surface area contributed by atoms with Crippen molar-refractivity contribution in [3.63, 3.8) is 0 Å². The molecule has 1 saturated heterocycles. The smallest absolute Gasteiger partial charge is 0.0740 e. The molecule has 2 nitrogen and oxygen atoms in total. The van der Waals surface area contributed by atoms with Crippen LogP contribution in [0.1, 0.15) is 57.5 Å². The van der Waals surface area contributed by atoms with E-state index in [0.29, 0.717) is 0 Å². The molecule has 1 aromatic carbocycles. The van der Waals surface area contributed by atoms with E-state index in [1.807, 2.05) is 6.20 Å². The summed E-state index contributed by atoms with van der Waals surface area (Å²) in [4.78, 5) is 4.93. The van der Waals surface area contributed by atoms with Crippen LogP contribution in [-0.4, -0.2) is 18.1 Å². The van der Waals surface area contributed by atoms with Crippen LogP contribution in [0.25, 0.3) is 5.57 Å². The summed E-state index contributed by atoms with van der Waals surface area (Å²) in [5, 5.41) is 3.51. The molecule has 2 heterocycles. The lowest BCUT2D eigenvalue weighted by atomic mass is 9.81. The highest BCUT2D eigenvalue weighted by atomic mass is 79.9. The predicted molar refractivity (Wildman–Crippen MR) is 113 cm³/mol. The summed E-state index contributed by atoms with van der Waals surface area (Å²) >= 11 is 3.63. The number of hydrogen-bond acceptors (Lipinski definition) is 2. The molecule has 0 saturated carbocycles. The number of piperidine rings is 1. The molecule has 0 unspecified atom stereocenters. The number of pyridine rings is 1. The Morgan fingerprint density at radius 3 is 2.31 bits per heavy atom. The Morgan fingerprint density at radius 1 is 0.885 bits per heavy atom. The van der Waals surface area contributed by atoms with Crippen LogP contribution in [0.15, 0.2) is 22.3 Å². The molecule has 1 aliphatic carbocycles. The first-order chi connectivity index (χ1) is 12.5. The van der Waals surface area contributed by atoms with E-state index in [0.717, 1.165) is 43.2 Å². The quantitative estimate of drug-likeness (QED) is 0.631. The van der Waals surface area contributed by atoms with Crippen molar-refractivity contribution >= 4 is 21.5 Å². The van der Waals surface area contributed by atoms with E-state index in [9.17, 15) is 0 Å². The highest BCUT2D eigenvalue weighted by molar-refractivity contribution is 9.10. The minimum Gasteiger partial charge on any atom is -0.316 e. The first kappa shape index (κ1) is 17.9. The van der Waals surface area contributed by atoms with E-state index in [1.54, 1.807) is 11.1 Å². The zero-order chi connectivity index (χ0) is 18.4. The average Bonchev–Trinajstić information content (AvgIpc) is 2.82. The fourth-order valence-corrected chi connectivity index (χ4v) is 5.02. The average molecular weight is 411 g/mol. The SMILES string of the molecule is Cc1c(C)c(C)c2c(c1C)CCc1cc(Br)cnc1C2=C1CCNCC1. The van der Waals surface area contributed by atoms with Gasteiger partial charge in [0.1, 0.15) is 0 Å². The van der Waals surface area contributed by atoms with Gasteiger partial charge in [-0.15, -0.1) is 0 Å². The first-order valence-electron chi connectivity index (χ1n) is 9.66. The summed E-state index contributed by atoms with van der Waals surface area (Å²) in [6.45, 7) is 11.3. The number of nitrogens with one attached hydrogen (secondary N) is 1. The Labute approximate surface area is 165 Å². The van der Waals surface area contributed by atoms with Crippen molar-refractivity contribution in [2.45, 2.75) is 53.4 Å². The topological polar surface area (TPSA) is 24.9 Å². The van der Waals surface area contributed by atoms with Crippen LogP contribution < -0.4 is 5.32 Å². The Balaban J connectivity index is 2.09. The molecular weight excluding hydrogens is 384 g/mol. The molecule has 2 aromatic rings. The number of benzene rings is 1. The Kier molecular flexibility index (Phi) is 4.79. The lowest BCUT2D eigenvalue weighted by molar-refractivity contribution is 0.611. The van der Waals surface area contributed by atoms with Gasteiger partial charge < -0.3 is 5.32 Å². The number of halogens is 1. The van der Waals surface area contributed by atoms with E-state index in [2.05, 4.69) is 55.0 Å². The normalized spacial score (nSPS) is 17.0. The number of fused-ring (bicyclic) bond motifs is 2. The number of aromatic nitrogens is 1. The van der Waals surface area contributed by atoms with Gasteiger partial charge in [-0.3, -0.25) is 4.98 Å². The molecule has 3 heteroatoms. The minimum absolute atomic E-state index is 1.06. The number of nitrogens with zero attached hydrogens (tertiary/aromatic N) is 1. The number of rotatable bonds is 0. The molecule has 1 fully saturated rings. The maximum atomic E-state index is 4.93. The minimum atomic E-state index is 1.06. The lowest BCUT2D eigenvalue weighted by Crippen LogP contribution is -2.24. The molecule has 0 atom stereocenters. The van der Waals surface area contributed by atoms with Crippen LogP contribution in [0.2, 0.25) is 0 Å². The van der Waals surface area contributed by atoms with E-state index in [1.165, 1.54) is 44.6 Å². The second-order valence-corrected chi connectivity index (χ2v) is 8.66. The summed E-state index contributed by atoms with van der Waals surface area (Å²) in [6.07, 6.45) is 6.37. The van der Waals surface area contributed by atoms with Gasteiger partial charge in [0.2, 0.25) is 0 Å². The van der Waals surface area contributed by atoms with Gasteiger partial charge in [0.15, 0.2) is 0 Å². The fraction of sp³-hybridized carbons (Fsp3) is 0.435. The van der Waals surface area contributed by atoms with Gasteiger partial charge in [-0.25, -0.2) is 0 Å². The maximum Gasteiger partial charge on any atom is 0.0740 e. The van der Waals surface area contributed by atoms with Crippen LogP contribution >= 0.6 is 15.9 Å². The van der Waals surface area contributed by atoms with Crippen molar-refractivity contribution in [2.75, 3.05) is 13.1 Å². The molecular formula is C23H27BrN2. The van der Waals surface area contributed by atoms with Crippen molar-refractivity contribution < 1.29 is 0 Å². The monoisotopic (exact) mass is 410 g/mol. The Bertz CT molecular complexity index is 917. The van der Waals surface area contributed by atoms with Crippen LogP contribution in [0.3, 0.4) is 0 Å². The molecule has 0 bridgehead atoms. The second kappa shape index (κ2) is 6.94. The lowest BCUT2D eigenvalue weighted by Gasteiger charge is -2.25. The molecule has 1 N–H and O–H groups in total. The van der Waals surface area contributed by atoms with Crippen LogP contribution in [0.5, 0.6) is 0 Å². The third-order valence-electron chi connectivity index (χ3n) is 6.44. The van der Waals surface area contributed by atoms with Gasteiger partial charge in [0.05, 0.1) is 5.69 Å². The summed E-state index contributed by atoms with van der Waals surface area (Å²) in [5.41, 5.74) is 14.4. The molecule has 0 radical (unpaired) electrons. The van der Waals surface area contributed by atoms with Gasteiger partial charge in [0, 0.05) is 16.2 Å². The van der Waals surface area contributed by atoms with Gasteiger partial charge in [-0.05, 0) is 127 Å². The molecule has 2 aliphatic rings. The second-order valence-electron chi connectivity index (χ2n) is 7.74. The van der Waals surface area contributed by atoms with Crippen molar-refractivity contribution in [3.05, 3.63) is 66.9 Å². The number of hydrogen-bond donors (Lipinski definition) is 1. The molecule has 0 spiro atoms. The predicted octanol–water partition coefficient (Wildman–Crippen LogP) is 5.36. The molecule has 1 aliphatic heterocycles. The molecule has 1 aromatic heterocycles. The van der Waals surface area contributed by atoms with Gasteiger partial charge in [-0.2, -0.15) is 0 Å². The highest BCUT2D eigenvalue weighted by Gasteiger charge is 2.27. The molecule has 136 valence electrons. The van der Waals surface area contributed by atoms with Gasteiger partial charge in [0.25, 0.3) is 0 Å². The van der Waals surface area contributed by atoms with Crippen LogP contribution in [0, 0.1) is 27.7 Å². The summed E-state index contributed by atoms with van der Waals surface area (Å²) < 4.78 is 1.08. The van der Waals surface area contributed by atoms with Crippen LogP contribution in [0.4, 0.5) is 0 Å². The first-order valence-corrected chi connectivity index (χ1v) is 10.5. The largest absolute Gasteiger partial charge is 0.316 e. The summed E-state index contributed by atoms with van der Waals surface area (Å²) in [5.74, 6) is 0. The third kappa shape index (κ3) is 2.86. The van der Waals surface area contributed by atoms with Crippen molar-refractivity contribution in [1.82, 2.24) is 10.3 Å². The maximum absolute atomic E-state index is 4.93. The highest BCUT2D eigenvalue weighted by Crippen LogP contribution is 2.42. The van der Waals surface area contributed by atoms with E-state index < -0.39 is 0 Å². The van der Waals surface area contributed by atoms with Gasteiger partial charge >= 0.3 is 0 Å². The zero-order valence-electron chi connectivity index (χ0n) is 16.2. The summed E-state index contributed by atoms with van der Waals surface area (Å²) in [6, 6.07) is 2.28. The Morgan fingerprint density at radius 2 is 1.58 bits per heavy atom. The number of aryl methyl sites for hydroxylation is 1. The van der Waals surface area contributed by atoms with E-state index in [-0.39, 0.29) is 0 Å². The Hall–Kier alpha value is -1.45. The molecule has 4 rings (SSSR count). The zero-order valence-corrected chi connectivity index (χ0v) is 17.8. The standard InChI is InChI=1S/C23H27BrN2/c1-13-14(2)16(4)21-20(15(13)3)6-5-18-11-19(24)12-26-23(18)22(21)17-7-9-25-10-8-17/h11-12,25H,5-10H2,1-4H3. The molecule has 0 amide bonds. The summed E-state index contributed by atoms with van der Waals surface area (Å²) in [7, 11) is 0. The van der Waals surface area contributed by atoms with Crippen molar-refractivity contribution in [2.24, 2.45) is 0 Å². The fourth-order valence-electron chi connectivity index (χ4n) is 4.64. The van der Waals surface area contributed by atoms with E-state index in [4.69, 9.17) is 4.98 Å².